The highest BCUT2D eigenvalue weighted by molar-refractivity contribution is 5.66. The molecule has 7 fully saturated rings. The second-order valence-electron chi connectivity index (χ2n) is 20.0. The number of esters is 1. The molecule has 2 saturated heterocycles. The van der Waals surface area contributed by atoms with E-state index < -0.39 is 11.7 Å². The number of nitrogens with zero attached hydrogens (tertiary/aromatic N) is 1. The molecule has 48 heavy (non-hydrogen) atoms. The molecule has 0 aromatic rings. The minimum atomic E-state index is -1.17. The van der Waals surface area contributed by atoms with Gasteiger partial charge in [0.1, 0.15) is 0 Å². The van der Waals surface area contributed by atoms with Gasteiger partial charge in [0.2, 0.25) is 0 Å². The lowest BCUT2D eigenvalue weighted by Crippen LogP contribution is -2.59. The average Bonchev–Trinajstić information content (AvgIpc) is 3.60. The summed E-state index contributed by atoms with van der Waals surface area (Å²) in [6, 6.07) is 0. The lowest BCUT2D eigenvalue weighted by Gasteiger charge is -2.63. The molecule has 2 aliphatic heterocycles. The van der Waals surface area contributed by atoms with Gasteiger partial charge in [-0.3, -0.25) is 9.69 Å². The van der Waals surface area contributed by atoms with E-state index in [2.05, 4.69) is 53.4 Å². The maximum atomic E-state index is 12.1. The number of fused-ring (bicyclic) bond motifs is 4. The van der Waals surface area contributed by atoms with E-state index in [-0.39, 0.29) is 59.0 Å². The van der Waals surface area contributed by atoms with Gasteiger partial charge in [-0.25, -0.2) is 0 Å². The summed E-state index contributed by atoms with van der Waals surface area (Å²) in [6.45, 7) is 24.0. The summed E-state index contributed by atoms with van der Waals surface area (Å²) in [4.78, 5) is 14.4. The van der Waals surface area contributed by atoms with Crippen LogP contribution >= 0.6 is 0 Å². The van der Waals surface area contributed by atoms with Crippen LogP contribution in [0.4, 0.5) is 0 Å². The Balaban J connectivity index is 1.09. The van der Waals surface area contributed by atoms with Crippen molar-refractivity contribution in [1.82, 2.24) is 4.90 Å². The van der Waals surface area contributed by atoms with Crippen molar-refractivity contribution in [3.63, 3.8) is 0 Å². The first-order chi connectivity index (χ1) is 22.3. The molecule has 2 heterocycles. The SMILES string of the molecule is CC(=O)O[C@@H](C1C[C@@H](C)C2C(C[C@@]3(C)[C@@H]4CCC5C(C)(C)[C@@H](OC6CN(C(C)(C)CO)CCO6)CCC56C[C@@]46CC[C@]23C)O1)C(C)(C)O. The van der Waals surface area contributed by atoms with Crippen LogP contribution in [-0.4, -0.2) is 89.2 Å². The van der Waals surface area contributed by atoms with E-state index in [1.54, 1.807) is 13.8 Å². The number of aliphatic hydroxyl groups is 2. The molecule has 5 aliphatic carbocycles. The molecule has 274 valence electrons. The van der Waals surface area contributed by atoms with Gasteiger partial charge in [0.25, 0.3) is 0 Å². The van der Waals surface area contributed by atoms with Crippen molar-refractivity contribution in [3.8, 4) is 0 Å². The van der Waals surface area contributed by atoms with Crippen LogP contribution in [-0.2, 0) is 23.7 Å². The van der Waals surface area contributed by atoms with E-state index in [1.165, 1.54) is 45.4 Å². The monoisotopic (exact) mass is 673 g/mol. The maximum absolute atomic E-state index is 12.1. The van der Waals surface area contributed by atoms with Crippen molar-refractivity contribution in [1.29, 1.82) is 0 Å². The maximum Gasteiger partial charge on any atom is 0.303 e. The van der Waals surface area contributed by atoms with E-state index >= 15 is 0 Å². The summed E-state index contributed by atoms with van der Waals surface area (Å²) in [6.07, 6.45) is 9.84. The molecule has 7 aliphatic rings. The number of carbonyl (C=O) groups is 1. The van der Waals surface area contributed by atoms with Gasteiger partial charge < -0.3 is 29.2 Å². The van der Waals surface area contributed by atoms with E-state index in [1.807, 2.05) is 0 Å². The van der Waals surface area contributed by atoms with Crippen molar-refractivity contribution >= 4 is 5.97 Å². The fourth-order valence-electron chi connectivity index (χ4n) is 14.2. The molecule has 5 saturated carbocycles. The Bertz CT molecular complexity index is 1260. The average molecular weight is 674 g/mol. The van der Waals surface area contributed by atoms with E-state index in [9.17, 15) is 15.0 Å². The van der Waals surface area contributed by atoms with Crippen molar-refractivity contribution < 1.29 is 34.0 Å². The van der Waals surface area contributed by atoms with E-state index in [0.29, 0.717) is 47.7 Å². The molecule has 13 atom stereocenters. The van der Waals surface area contributed by atoms with Crippen molar-refractivity contribution in [2.75, 3.05) is 26.3 Å². The van der Waals surface area contributed by atoms with Gasteiger partial charge in [-0.2, -0.15) is 0 Å². The standard InChI is InChI=1S/C40H67NO7/c1-24-19-26(33(36(7,8)44)46-25(2)43)47-27-20-38(10)29-12-11-28-35(5,6)30(48-31-21-41(17-18-45-31)34(3,4)23-42)13-14-39(28)22-40(29,39)16-15-37(38,9)32(24)27/h24,26-33,42,44H,11-23H2,1-10H3/t24-,26?,27?,28?,29+,30+,31?,32?,33+,37-,38+,39?,40+/m1/s1. The zero-order valence-electron chi connectivity index (χ0n) is 31.8. The number of hydrogen-bond acceptors (Lipinski definition) is 8. The van der Waals surface area contributed by atoms with Gasteiger partial charge >= 0.3 is 5.97 Å². The number of carbonyl (C=O) groups excluding carboxylic acids is 1. The lowest BCUT2D eigenvalue weighted by atomic mass is 9.41. The molecule has 8 heteroatoms. The van der Waals surface area contributed by atoms with Crippen molar-refractivity contribution in [2.24, 2.45) is 50.7 Å². The number of ether oxygens (including phenoxy) is 4. The summed E-state index contributed by atoms with van der Waals surface area (Å²) in [5.41, 5.74) is -0.139. The van der Waals surface area contributed by atoms with Crippen molar-refractivity contribution in [2.45, 2.75) is 169 Å². The second-order valence-corrected chi connectivity index (χ2v) is 20.0. The van der Waals surface area contributed by atoms with Gasteiger partial charge in [-0.15, -0.1) is 0 Å². The van der Waals surface area contributed by atoms with Gasteiger partial charge in [-0.05, 0) is 136 Å². The van der Waals surface area contributed by atoms with Crippen LogP contribution < -0.4 is 0 Å². The summed E-state index contributed by atoms with van der Waals surface area (Å²) >= 11 is 0. The number of morpholine rings is 1. The topological polar surface area (TPSA) is 97.7 Å². The molecular formula is C40H67NO7. The Kier molecular flexibility index (Phi) is 8.43. The highest BCUT2D eigenvalue weighted by Gasteiger charge is 2.83. The van der Waals surface area contributed by atoms with Crippen LogP contribution in [0.2, 0.25) is 0 Å². The molecule has 6 unspecified atom stereocenters. The molecule has 0 radical (unpaired) electrons. The van der Waals surface area contributed by atoms with Crippen LogP contribution in [0.15, 0.2) is 0 Å². The minimum Gasteiger partial charge on any atom is -0.457 e. The molecule has 2 N–H and O–H groups in total. The fraction of sp³-hybridized carbons (Fsp3) is 0.975. The Hall–Kier alpha value is -0.770. The molecule has 7 rings (SSSR count). The minimum absolute atomic E-state index is 0.0733. The normalized spacial score (nSPS) is 49.1. The first kappa shape index (κ1) is 35.6. The van der Waals surface area contributed by atoms with Gasteiger partial charge in [0.15, 0.2) is 12.4 Å². The predicted molar refractivity (Wildman–Crippen MR) is 184 cm³/mol. The molecule has 2 spiro atoms. The van der Waals surface area contributed by atoms with Crippen LogP contribution in [0.3, 0.4) is 0 Å². The van der Waals surface area contributed by atoms with Gasteiger partial charge in [0.05, 0.1) is 43.7 Å². The first-order valence-electron chi connectivity index (χ1n) is 19.4. The highest BCUT2D eigenvalue weighted by Crippen LogP contribution is 2.89. The van der Waals surface area contributed by atoms with Crippen LogP contribution in [0.25, 0.3) is 0 Å². The van der Waals surface area contributed by atoms with Crippen LogP contribution in [0, 0.1) is 50.7 Å². The molecule has 0 aromatic carbocycles. The summed E-state index contributed by atoms with van der Waals surface area (Å²) in [5, 5.41) is 21.0. The van der Waals surface area contributed by atoms with E-state index in [0.717, 1.165) is 25.8 Å². The molecule has 0 amide bonds. The van der Waals surface area contributed by atoms with E-state index in [4.69, 9.17) is 18.9 Å². The second kappa shape index (κ2) is 11.4. The number of aliphatic hydroxyl groups excluding tert-OH is 1. The quantitative estimate of drug-likeness (QED) is 0.302. The third-order valence-electron chi connectivity index (χ3n) is 16.6. The predicted octanol–water partition coefficient (Wildman–Crippen LogP) is 6.35. The zero-order chi connectivity index (χ0) is 34.9. The van der Waals surface area contributed by atoms with Gasteiger partial charge in [0, 0.05) is 19.0 Å². The molecule has 8 nitrogen and oxygen atoms in total. The third kappa shape index (κ3) is 4.98. The van der Waals surface area contributed by atoms with Crippen LogP contribution in [0.5, 0.6) is 0 Å². The number of rotatable bonds is 7. The molecular weight excluding hydrogens is 606 g/mol. The largest absolute Gasteiger partial charge is 0.457 e. The smallest absolute Gasteiger partial charge is 0.303 e. The fourth-order valence-corrected chi connectivity index (χ4v) is 14.2. The Morgan fingerprint density at radius 1 is 1.00 bits per heavy atom. The summed E-state index contributed by atoms with van der Waals surface area (Å²) < 4.78 is 25.8. The van der Waals surface area contributed by atoms with Crippen LogP contribution in [0.1, 0.15) is 127 Å². The summed E-state index contributed by atoms with van der Waals surface area (Å²) in [7, 11) is 0. The number of hydrogen-bond donors (Lipinski definition) is 2. The molecule has 0 aromatic heterocycles. The Morgan fingerprint density at radius 3 is 2.35 bits per heavy atom. The Labute approximate surface area is 290 Å². The first-order valence-corrected chi connectivity index (χ1v) is 19.4. The highest BCUT2D eigenvalue weighted by atomic mass is 16.7. The Morgan fingerprint density at radius 2 is 1.69 bits per heavy atom. The summed E-state index contributed by atoms with van der Waals surface area (Å²) in [5.74, 6) is 1.91. The third-order valence-corrected chi connectivity index (χ3v) is 16.6. The van der Waals surface area contributed by atoms with Gasteiger partial charge in [-0.1, -0.05) is 34.6 Å². The zero-order valence-corrected chi connectivity index (χ0v) is 31.8. The lowest BCUT2D eigenvalue weighted by molar-refractivity contribution is -0.253. The van der Waals surface area contributed by atoms with Crippen molar-refractivity contribution in [3.05, 3.63) is 0 Å². The molecule has 0 bridgehead atoms.